The molecule has 0 saturated heterocycles. The summed E-state index contributed by atoms with van der Waals surface area (Å²) in [6, 6.07) is 19.6. The molecule has 0 aliphatic carbocycles. The highest BCUT2D eigenvalue weighted by molar-refractivity contribution is 5.91. The second-order valence-corrected chi connectivity index (χ2v) is 7.94. The van der Waals surface area contributed by atoms with Crippen molar-refractivity contribution in [3.05, 3.63) is 89.0 Å². The highest BCUT2D eigenvalue weighted by Crippen LogP contribution is 2.29. The fourth-order valence-corrected chi connectivity index (χ4v) is 3.18. The minimum atomic E-state index is -0.484. The predicted octanol–water partition coefficient (Wildman–Crippen LogP) is 4.88. The van der Waals surface area contributed by atoms with Gasteiger partial charge in [-0.1, -0.05) is 44.2 Å². The number of esters is 1. The Balaban J connectivity index is 1.58. The van der Waals surface area contributed by atoms with Crippen LogP contribution in [0.1, 0.15) is 46.8 Å². The summed E-state index contributed by atoms with van der Waals surface area (Å²) >= 11 is 0. The number of carbonyl (C=O) groups is 2. The Kier molecular flexibility index (Phi) is 8.40. The summed E-state index contributed by atoms with van der Waals surface area (Å²) in [5, 5.41) is 3.97. The van der Waals surface area contributed by atoms with Crippen LogP contribution in [0.4, 0.5) is 0 Å². The van der Waals surface area contributed by atoms with Gasteiger partial charge in [0, 0.05) is 0 Å². The van der Waals surface area contributed by atoms with Crippen molar-refractivity contribution in [2.45, 2.75) is 26.7 Å². The third-order valence-corrected chi connectivity index (χ3v) is 4.95. The molecule has 0 aliphatic heterocycles. The van der Waals surface area contributed by atoms with Crippen molar-refractivity contribution in [1.29, 1.82) is 0 Å². The van der Waals surface area contributed by atoms with E-state index in [4.69, 9.17) is 14.2 Å². The minimum absolute atomic E-state index is 0.155. The number of hydrogen-bond donors (Lipinski definition) is 1. The summed E-state index contributed by atoms with van der Waals surface area (Å²) in [4.78, 5) is 24.5. The maximum Gasteiger partial charge on any atom is 0.343 e. The Morgan fingerprint density at radius 3 is 2.44 bits per heavy atom. The van der Waals surface area contributed by atoms with E-state index in [2.05, 4.69) is 24.4 Å². The molecule has 0 saturated carbocycles. The molecular weight excluding hydrogens is 432 g/mol. The lowest BCUT2D eigenvalue weighted by atomic mass is 10.0. The van der Waals surface area contributed by atoms with Crippen LogP contribution in [-0.4, -0.2) is 31.8 Å². The molecule has 3 rings (SSSR count). The average molecular weight is 461 g/mol. The fourth-order valence-electron chi connectivity index (χ4n) is 3.18. The third-order valence-electron chi connectivity index (χ3n) is 4.95. The Hall–Kier alpha value is -4.13. The van der Waals surface area contributed by atoms with Crippen LogP contribution in [0.3, 0.4) is 0 Å². The summed E-state index contributed by atoms with van der Waals surface area (Å²) in [5.41, 5.74) is 5.64. The lowest BCUT2D eigenvalue weighted by molar-refractivity contribution is -0.123. The molecule has 34 heavy (non-hydrogen) atoms. The van der Waals surface area contributed by atoms with E-state index in [1.807, 2.05) is 31.2 Å². The van der Waals surface area contributed by atoms with Crippen LogP contribution in [0.25, 0.3) is 0 Å². The zero-order chi connectivity index (χ0) is 24.5. The molecule has 7 nitrogen and oxygen atoms in total. The zero-order valence-corrected chi connectivity index (χ0v) is 19.7. The Morgan fingerprint density at radius 1 is 0.971 bits per heavy atom. The summed E-state index contributed by atoms with van der Waals surface area (Å²) in [7, 11) is 1.48. The summed E-state index contributed by atoms with van der Waals surface area (Å²) < 4.78 is 16.5. The first-order chi connectivity index (χ1) is 16.4. The van der Waals surface area contributed by atoms with Gasteiger partial charge in [-0.25, -0.2) is 10.2 Å². The van der Waals surface area contributed by atoms with Gasteiger partial charge in [-0.05, 0) is 65.9 Å². The van der Waals surface area contributed by atoms with Crippen LogP contribution in [0.2, 0.25) is 0 Å². The molecule has 0 spiro atoms. The second kappa shape index (κ2) is 11.7. The first-order valence-corrected chi connectivity index (χ1v) is 10.9. The molecule has 3 aromatic rings. The molecule has 0 radical (unpaired) electrons. The van der Waals surface area contributed by atoms with Crippen LogP contribution in [-0.2, 0) is 4.79 Å². The first-order valence-electron chi connectivity index (χ1n) is 10.9. The Labute approximate surface area is 199 Å². The Morgan fingerprint density at radius 2 is 1.74 bits per heavy atom. The molecule has 0 unspecified atom stereocenters. The van der Waals surface area contributed by atoms with Crippen molar-refractivity contribution in [3.63, 3.8) is 0 Å². The van der Waals surface area contributed by atoms with Gasteiger partial charge in [-0.2, -0.15) is 5.10 Å². The van der Waals surface area contributed by atoms with E-state index < -0.39 is 5.97 Å². The first kappa shape index (κ1) is 24.5. The van der Waals surface area contributed by atoms with Gasteiger partial charge < -0.3 is 14.2 Å². The lowest BCUT2D eigenvalue weighted by Crippen LogP contribution is -2.25. The molecule has 7 heteroatoms. The van der Waals surface area contributed by atoms with Gasteiger partial charge in [0.2, 0.25) is 0 Å². The minimum Gasteiger partial charge on any atom is -0.493 e. The monoisotopic (exact) mass is 460 g/mol. The molecule has 0 bridgehead atoms. The molecule has 3 aromatic carbocycles. The van der Waals surface area contributed by atoms with Crippen molar-refractivity contribution in [3.8, 4) is 17.2 Å². The van der Waals surface area contributed by atoms with Gasteiger partial charge in [0.15, 0.2) is 18.1 Å². The SMILES string of the molecule is COc1cc(C=NNC(=O)COc2cc(C)ccc2C(C)C)ccc1OC(=O)c1ccccc1. The van der Waals surface area contributed by atoms with E-state index in [1.54, 1.807) is 42.5 Å². The quantitative estimate of drug-likeness (QED) is 0.213. The number of methoxy groups -OCH3 is 1. The number of nitrogens with zero attached hydrogens (tertiary/aromatic N) is 1. The number of amides is 1. The second-order valence-electron chi connectivity index (χ2n) is 7.94. The molecule has 0 atom stereocenters. The van der Waals surface area contributed by atoms with Crippen LogP contribution in [0.15, 0.2) is 71.8 Å². The van der Waals surface area contributed by atoms with Gasteiger partial charge in [-0.3, -0.25) is 4.79 Å². The summed E-state index contributed by atoms with van der Waals surface area (Å²) in [5.74, 6) is 0.754. The van der Waals surface area contributed by atoms with Crippen LogP contribution < -0.4 is 19.6 Å². The number of hydrogen-bond acceptors (Lipinski definition) is 6. The van der Waals surface area contributed by atoms with Crippen molar-refractivity contribution in [2.24, 2.45) is 5.10 Å². The van der Waals surface area contributed by atoms with Gasteiger partial charge in [-0.15, -0.1) is 0 Å². The Bertz CT molecular complexity index is 1170. The van der Waals surface area contributed by atoms with E-state index in [0.29, 0.717) is 22.6 Å². The standard InChI is InChI=1S/C27H28N2O5/c1-18(2)22-12-10-19(3)14-24(22)33-17-26(30)29-28-16-20-11-13-23(25(15-20)32-4)34-27(31)21-8-6-5-7-9-21/h5-16,18H,17H2,1-4H3,(H,29,30). The van der Waals surface area contributed by atoms with Crippen molar-refractivity contribution < 1.29 is 23.8 Å². The maximum atomic E-state index is 12.3. The normalized spacial score (nSPS) is 10.9. The highest BCUT2D eigenvalue weighted by Gasteiger charge is 2.13. The predicted molar refractivity (Wildman–Crippen MR) is 131 cm³/mol. The van der Waals surface area contributed by atoms with Crippen molar-refractivity contribution >= 4 is 18.1 Å². The van der Waals surface area contributed by atoms with Gasteiger partial charge in [0.05, 0.1) is 18.9 Å². The number of ether oxygens (including phenoxy) is 3. The van der Waals surface area contributed by atoms with E-state index in [0.717, 1.165) is 11.1 Å². The van der Waals surface area contributed by atoms with Crippen LogP contribution >= 0.6 is 0 Å². The number of aryl methyl sites for hydroxylation is 1. The number of hydrazone groups is 1. The highest BCUT2D eigenvalue weighted by atomic mass is 16.6. The number of rotatable bonds is 9. The fraction of sp³-hybridized carbons (Fsp3) is 0.222. The van der Waals surface area contributed by atoms with Gasteiger partial charge >= 0.3 is 5.97 Å². The van der Waals surface area contributed by atoms with Gasteiger partial charge in [0.25, 0.3) is 5.91 Å². The molecule has 0 fully saturated rings. The molecule has 0 heterocycles. The van der Waals surface area contributed by atoms with E-state index in [9.17, 15) is 9.59 Å². The molecule has 0 aromatic heterocycles. The lowest BCUT2D eigenvalue weighted by Gasteiger charge is -2.14. The molecule has 1 amide bonds. The van der Waals surface area contributed by atoms with Crippen molar-refractivity contribution in [1.82, 2.24) is 5.43 Å². The molecule has 176 valence electrons. The smallest absolute Gasteiger partial charge is 0.343 e. The van der Waals surface area contributed by atoms with E-state index in [1.165, 1.54) is 13.3 Å². The third kappa shape index (κ3) is 6.68. The van der Waals surface area contributed by atoms with Gasteiger partial charge in [0.1, 0.15) is 5.75 Å². The van der Waals surface area contributed by atoms with Crippen LogP contribution in [0.5, 0.6) is 17.2 Å². The molecular formula is C27H28N2O5. The van der Waals surface area contributed by atoms with Crippen LogP contribution in [0, 0.1) is 6.92 Å². The average Bonchev–Trinajstić information content (AvgIpc) is 2.83. The molecule has 0 aliphatic rings. The molecule has 1 N–H and O–H groups in total. The van der Waals surface area contributed by atoms with Crippen molar-refractivity contribution in [2.75, 3.05) is 13.7 Å². The van der Waals surface area contributed by atoms with E-state index in [-0.39, 0.29) is 24.2 Å². The number of carbonyl (C=O) groups excluding carboxylic acids is 2. The number of nitrogens with one attached hydrogen (secondary N) is 1. The number of benzene rings is 3. The van der Waals surface area contributed by atoms with E-state index >= 15 is 0 Å². The summed E-state index contributed by atoms with van der Waals surface area (Å²) in [6.07, 6.45) is 1.47. The largest absolute Gasteiger partial charge is 0.493 e. The summed E-state index contributed by atoms with van der Waals surface area (Å²) in [6.45, 7) is 5.97. The maximum absolute atomic E-state index is 12.3. The topological polar surface area (TPSA) is 86.2 Å². The zero-order valence-electron chi connectivity index (χ0n) is 19.7.